The van der Waals surface area contributed by atoms with Gasteiger partial charge in [-0.05, 0) is 6.42 Å². The van der Waals surface area contributed by atoms with Crippen molar-refractivity contribution >= 4 is 17.9 Å². The van der Waals surface area contributed by atoms with E-state index in [-0.39, 0.29) is 86.7 Å². The minimum atomic E-state index is -4.89. The van der Waals surface area contributed by atoms with Crippen LogP contribution in [0.25, 0.3) is 0 Å². The molecule has 17 heavy (non-hydrogen) atoms. The third-order valence-electron chi connectivity index (χ3n) is 1.25. The number of rotatable bonds is 5. The van der Waals surface area contributed by atoms with Gasteiger partial charge in [-0.3, -0.25) is 4.57 Å². The van der Waals surface area contributed by atoms with Crippen molar-refractivity contribution in [1.82, 2.24) is 0 Å². The number of unbranched alkanes of at least 4 members (excludes halogenated alkanes) is 3. The zero-order chi connectivity index (χ0) is 12.5. The van der Waals surface area contributed by atoms with Crippen LogP contribution in [-0.4, -0.2) is 28.5 Å². The molecule has 0 heterocycles. The zero-order valence-corrected chi connectivity index (χ0v) is 17.2. The Kier molecular flexibility index (Phi) is 24.7. The van der Waals surface area contributed by atoms with Crippen LogP contribution in [0.5, 0.6) is 0 Å². The average Bonchev–Trinajstić information content (AvgIpc) is 1.93. The van der Waals surface area contributed by atoms with Crippen LogP contribution in [0.4, 0.5) is 0 Å². The van der Waals surface area contributed by atoms with Crippen LogP contribution in [0.2, 0.25) is 0 Å². The SMILES string of the molecule is CCCCCCS(=O)(=O)[O-].O=P([O-])(O)O.[K+].[Na+]. The Morgan fingerprint density at radius 3 is 1.76 bits per heavy atom. The predicted molar refractivity (Wildman–Crippen MR) is 50.8 cm³/mol. The van der Waals surface area contributed by atoms with Gasteiger partial charge >= 0.3 is 80.9 Å². The molecule has 0 aromatic rings. The quantitative estimate of drug-likeness (QED) is 0.222. The van der Waals surface area contributed by atoms with Gasteiger partial charge in [-0.15, -0.1) is 0 Å². The van der Waals surface area contributed by atoms with E-state index in [1.165, 1.54) is 0 Å². The fourth-order valence-electron chi connectivity index (χ4n) is 0.706. The van der Waals surface area contributed by atoms with E-state index in [9.17, 15) is 13.0 Å². The predicted octanol–water partition coefficient (Wildman–Crippen LogP) is -6.44. The summed E-state index contributed by atoms with van der Waals surface area (Å²) in [7, 11) is -8.84. The van der Waals surface area contributed by atoms with Crippen molar-refractivity contribution in [1.29, 1.82) is 0 Å². The molecule has 0 aliphatic rings. The molecule has 94 valence electrons. The fourth-order valence-corrected chi connectivity index (χ4v) is 1.26. The van der Waals surface area contributed by atoms with Crippen molar-refractivity contribution in [2.75, 3.05) is 5.75 Å². The first-order valence-corrected chi connectivity index (χ1v) is 7.37. The van der Waals surface area contributed by atoms with Gasteiger partial charge in [0.15, 0.2) is 0 Å². The van der Waals surface area contributed by atoms with Crippen molar-refractivity contribution in [3.8, 4) is 0 Å². The largest absolute Gasteiger partial charge is 1.00 e. The van der Waals surface area contributed by atoms with Gasteiger partial charge in [0.25, 0.3) is 7.82 Å². The Morgan fingerprint density at radius 2 is 1.53 bits per heavy atom. The summed E-state index contributed by atoms with van der Waals surface area (Å²) in [6.07, 6.45) is 3.42. The van der Waals surface area contributed by atoms with Crippen LogP contribution in [-0.2, 0) is 14.7 Å². The van der Waals surface area contributed by atoms with E-state index in [0.717, 1.165) is 19.3 Å². The van der Waals surface area contributed by atoms with Crippen LogP contribution in [0, 0.1) is 0 Å². The van der Waals surface area contributed by atoms with E-state index < -0.39 is 17.9 Å². The normalized spacial score (nSPS) is 10.4. The van der Waals surface area contributed by atoms with E-state index in [1.807, 2.05) is 6.92 Å². The van der Waals surface area contributed by atoms with Gasteiger partial charge in [-0.25, -0.2) is 8.42 Å². The smallest absolute Gasteiger partial charge is 0.756 e. The van der Waals surface area contributed by atoms with Crippen LogP contribution in [0.3, 0.4) is 0 Å². The van der Waals surface area contributed by atoms with Gasteiger partial charge in [0, 0.05) is 5.75 Å². The monoisotopic (exact) mass is 324 g/mol. The molecule has 0 rings (SSSR count). The molecule has 0 amide bonds. The third-order valence-corrected chi connectivity index (χ3v) is 2.04. The van der Waals surface area contributed by atoms with E-state index in [0.29, 0.717) is 6.42 Å². The maximum atomic E-state index is 10.0. The molecule has 0 aromatic carbocycles. The zero-order valence-electron chi connectivity index (χ0n) is 10.3. The number of hydrogen-bond acceptors (Lipinski definition) is 5. The second-order valence-corrected chi connectivity index (χ2v) is 5.32. The Morgan fingerprint density at radius 1 is 1.18 bits per heavy atom. The molecule has 2 N–H and O–H groups in total. The molecular formula is C6H15KNaO7PS. The van der Waals surface area contributed by atoms with Crippen LogP contribution in [0.1, 0.15) is 32.6 Å². The van der Waals surface area contributed by atoms with Gasteiger partial charge < -0.3 is 19.2 Å². The van der Waals surface area contributed by atoms with E-state index in [2.05, 4.69) is 0 Å². The minimum Gasteiger partial charge on any atom is -0.756 e. The average molecular weight is 324 g/mol. The molecule has 0 aliphatic carbocycles. The minimum absolute atomic E-state index is 0. The summed E-state index contributed by atoms with van der Waals surface area (Å²) in [5.41, 5.74) is 0. The first kappa shape index (κ1) is 27.9. The van der Waals surface area contributed by atoms with Gasteiger partial charge in [-0.2, -0.15) is 0 Å². The Balaban J connectivity index is -0.000000105. The Labute approximate surface area is 166 Å². The number of phosphoric acid groups is 1. The van der Waals surface area contributed by atoms with Crippen molar-refractivity contribution in [2.45, 2.75) is 32.6 Å². The summed E-state index contributed by atoms with van der Waals surface area (Å²) in [4.78, 5) is 22.9. The summed E-state index contributed by atoms with van der Waals surface area (Å²) >= 11 is 0. The standard InChI is InChI=1S/C6H14O3S.K.Na.H3O4P/c1-2-3-4-5-6-10(7,8)9;;;1-5(2,3)4/h2-6H2,1H3,(H,7,8,9);;;(H3,1,2,3,4)/q;2*+1;/p-2. The van der Waals surface area contributed by atoms with Gasteiger partial charge in [0.2, 0.25) is 0 Å². The molecule has 0 unspecified atom stereocenters. The van der Waals surface area contributed by atoms with Crippen molar-refractivity contribution < 1.29 is 113 Å². The molecule has 0 saturated carbocycles. The van der Waals surface area contributed by atoms with Crippen LogP contribution in [0.15, 0.2) is 0 Å². The van der Waals surface area contributed by atoms with E-state index in [1.54, 1.807) is 0 Å². The fraction of sp³-hybridized carbons (Fsp3) is 1.00. The number of hydrogen-bond donors (Lipinski definition) is 2. The summed E-state index contributed by atoms with van der Waals surface area (Å²) in [6.45, 7) is 2.03. The third kappa shape index (κ3) is 55.5. The van der Waals surface area contributed by atoms with Crippen molar-refractivity contribution in [3.63, 3.8) is 0 Å². The molecule has 0 aromatic heterocycles. The molecular weight excluding hydrogens is 309 g/mol. The summed E-state index contributed by atoms with van der Waals surface area (Å²) in [5, 5.41) is 0. The molecule has 0 bridgehead atoms. The van der Waals surface area contributed by atoms with E-state index >= 15 is 0 Å². The molecule has 0 spiro atoms. The molecule has 0 atom stereocenters. The van der Waals surface area contributed by atoms with Crippen molar-refractivity contribution in [3.05, 3.63) is 0 Å². The maximum Gasteiger partial charge on any atom is 1.00 e. The maximum absolute atomic E-state index is 10.0. The van der Waals surface area contributed by atoms with Crippen LogP contribution >= 0.6 is 7.82 Å². The summed E-state index contributed by atoms with van der Waals surface area (Å²) in [6, 6.07) is 0. The van der Waals surface area contributed by atoms with Crippen molar-refractivity contribution in [2.24, 2.45) is 0 Å². The topological polar surface area (TPSA) is 138 Å². The summed E-state index contributed by atoms with van der Waals surface area (Å²) < 4.78 is 38.9. The summed E-state index contributed by atoms with van der Waals surface area (Å²) in [5.74, 6) is -0.201. The Hall–Kier alpha value is 2.66. The van der Waals surface area contributed by atoms with E-state index in [4.69, 9.17) is 19.2 Å². The van der Waals surface area contributed by atoms with Gasteiger partial charge in [0.05, 0.1) is 10.1 Å². The first-order chi connectivity index (χ1) is 6.56. The molecule has 7 nitrogen and oxygen atoms in total. The second kappa shape index (κ2) is 15.1. The molecule has 11 heteroatoms. The molecule has 0 saturated heterocycles. The van der Waals surface area contributed by atoms with Crippen LogP contribution < -0.4 is 85.8 Å². The molecule has 0 radical (unpaired) electrons. The second-order valence-electron chi connectivity index (χ2n) is 2.81. The molecule has 0 aliphatic heterocycles. The van der Waals surface area contributed by atoms with Gasteiger partial charge in [-0.1, -0.05) is 26.2 Å². The Bertz CT molecular complexity index is 282. The molecule has 0 fully saturated rings. The van der Waals surface area contributed by atoms with Gasteiger partial charge in [0.1, 0.15) is 0 Å². The first-order valence-electron chi connectivity index (χ1n) is 4.26.